The Balaban J connectivity index is 3.30. The zero-order valence-corrected chi connectivity index (χ0v) is 7.72. The third kappa shape index (κ3) is 4.84. The Bertz CT molecular complexity index is 72.1. The zero-order valence-electron chi connectivity index (χ0n) is 7.72. The molecule has 0 fully saturated rings. The third-order valence-corrected chi connectivity index (χ3v) is 2.10. The lowest BCUT2D eigenvalue weighted by atomic mass is 9.91. The molecule has 0 saturated carbocycles. The molecule has 0 nitrogen and oxygen atoms in total. The van der Waals surface area contributed by atoms with Gasteiger partial charge in [0.1, 0.15) is 0 Å². The summed E-state index contributed by atoms with van der Waals surface area (Å²) in [5.41, 5.74) is 0. The summed E-state index contributed by atoms with van der Waals surface area (Å²) in [7, 11) is 0. The Morgan fingerprint density at radius 3 is 1.80 bits per heavy atom. The fourth-order valence-corrected chi connectivity index (χ4v) is 0.859. The van der Waals surface area contributed by atoms with Crippen LogP contribution in [0.15, 0.2) is 0 Å². The average Bonchev–Trinajstić information content (AvgIpc) is 1.82. The van der Waals surface area contributed by atoms with E-state index in [2.05, 4.69) is 27.7 Å². The first kappa shape index (κ1) is 10.0. The zero-order chi connectivity index (χ0) is 8.15. The maximum absolute atomic E-state index is 5.72. The van der Waals surface area contributed by atoms with Crippen LogP contribution < -0.4 is 0 Å². The Hall–Kier alpha value is 0. The highest BCUT2D eigenvalue weighted by Crippen LogP contribution is 2.18. The van der Waals surface area contributed by atoms with Gasteiger partial charge >= 0.3 is 0 Å². The molecule has 0 amide bonds. The van der Waals surface area contributed by atoms with Gasteiger partial charge in [0, 0.05) is 0 Å². The summed E-state index contributed by atoms with van der Waals surface area (Å²) < 4.78 is 0. The summed E-state index contributed by atoms with van der Waals surface area (Å²) in [5, 5.41) is 0. The highest BCUT2D eigenvalue weighted by Gasteiger charge is 2.07. The van der Waals surface area contributed by atoms with E-state index >= 15 is 0 Å². The van der Waals surface area contributed by atoms with Gasteiger partial charge in [0.25, 0.3) is 0 Å². The van der Waals surface area contributed by atoms with Crippen LogP contribution in [0, 0.1) is 24.7 Å². The molecule has 0 heteroatoms. The molecule has 0 bridgehead atoms. The van der Waals surface area contributed by atoms with Crippen LogP contribution in [-0.4, -0.2) is 0 Å². The Morgan fingerprint density at radius 2 is 1.50 bits per heavy atom. The van der Waals surface area contributed by atoms with Crippen molar-refractivity contribution in [2.75, 3.05) is 0 Å². The van der Waals surface area contributed by atoms with E-state index in [9.17, 15) is 0 Å². The van der Waals surface area contributed by atoms with Gasteiger partial charge in [0.05, 0.1) is 0 Å². The van der Waals surface area contributed by atoms with Crippen molar-refractivity contribution in [3.05, 3.63) is 6.92 Å². The van der Waals surface area contributed by atoms with Gasteiger partial charge < -0.3 is 0 Å². The summed E-state index contributed by atoms with van der Waals surface area (Å²) in [4.78, 5) is 0. The van der Waals surface area contributed by atoms with Gasteiger partial charge in [-0.1, -0.05) is 40.5 Å². The van der Waals surface area contributed by atoms with Gasteiger partial charge in [0.15, 0.2) is 0 Å². The van der Waals surface area contributed by atoms with E-state index in [0.717, 1.165) is 5.92 Å². The molecule has 0 aliphatic heterocycles. The van der Waals surface area contributed by atoms with Gasteiger partial charge in [0.2, 0.25) is 0 Å². The number of hydrogen-bond donors (Lipinski definition) is 0. The first-order chi connectivity index (χ1) is 4.54. The second kappa shape index (κ2) is 4.76. The second-order valence-electron chi connectivity index (χ2n) is 3.81. The topological polar surface area (TPSA) is 0 Å². The molecule has 2 unspecified atom stereocenters. The summed E-state index contributed by atoms with van der Waals surface area (Å²) >= 11 is 0. The van der Waals surface area contributed by atoms with E-state index in [4.69, 9.17) is 6.92 Å². The predicted octanol–water partition coefficient (Wildman–Crippen LogP) is 3.41. The molecule has 2 atom stereocenters. The van der Waals surface area contributed by atoms with Crippen molar-refractivity contribution in [1.29, 1.82) is 0 Å². The summed E-state index contributed by atoms with van der Waals surface area (Å²) in [6.07, 6.45) is 2.58. The van der Waals surface area contributed by atoms with Crippen LogP contribution in [0.5, 0.6) is 0 Å². The molecular weight excluding hydrogens is 120 g/mol. The average molecular weight is 140 g/mol. The summed E-state index contributed by atoms with van der Waals surface area (Å²) in [6.45, 7) is 14.6. The van der Waals surface area contributed by atoms with E-state index < -0.39 is 0 Å². The molecule has 0 aromatic carbocycles. The Labute approximate surface area is 66.0 Å². The maximum atomic E-state index is 5.72. The van der Waals surface area contributed by atoms with Crippen molar-refractivity contribution in [2.45, 2.75) is 40.5 Å². The van der Waals surface area contributed by atoms with E-state index in [-0.39, 0.29) is 0 Å². The van der Waals surface area contributed by atoms with Gasteiger partial charge in [-0.3, -0.25) is 0 Å². The summed E-state index contributed by atoms with van der Waals surface area (Å²) in [6, 6.07) is 0. The van der Waals surface area contributed by atoms with Crippen molar-refractivity contribution >= 4 is 0 Å². The van der Waals surface area contributed by atoms with E-state index in [0.29, 0.717) is 11.8 Å². The van der Waals surface area contributed by atoms with Crippen LogP contribution in [0.3, 0.4) is 0 Å². The fourth-order valence-electron chi connectivity index (χ4n) is 0.859. The van der Waals surface area contributed by atoms with Crippen LogP contribution >= 0.6 is 0 Å². The normalized spacial score (nSPS) is 14.7. The van der Waals surface area contributed by atoms with Crippen molar-refractivity contribution in [2.24, 2.45) is 17.8 Å². The smallest absolute Gasteiger partial charge is 0.0318 e. The molecule has 0 saturated heterocycles. The predicted molar refractivity (Wildman–Crippen MR) is 46.7 cm³/mol. The Morgan fingerprint density at radius 1 is 1.00 bits per heavy atom. The largest absolute Gasteiger partial charge is 0.0628 e. The SMILES string of the molecule is [CH]C(C)C(C)CCC(C)C. The van der Waals surface area contributed by atoms with Crippen LogP contribution in [-0.2, 0) is 0 Å². The minimum Gasteiger partial charge on any atom is -0.0628 e. The Kier molecular flexibility index (Phi) is 4.76. The molecule has 0 spiro atoms. The van der Waals surface area contributed by atoms with Crippen molar-refractivity contribution in [1.82, 2.24) is 0 Å². The van der Waals surface area contributed by atoms with Gasteiger partial charge in [-0.15, -0.1) is 0 Å². The van der Waals surface area contributed by atoms with E-state index in [1.54, 1.807) is 0 Å². The molecule has 0 aromatic heterocycles. The first-order valence-electron chi connectivity index (χ1n) is 4.29. The lowest BCUT2D eigenvalue weighted by Gasteiger charge is -2.15. The van der Waals surface area contributed by atoms with Crippen LogP contribution in [0.1, 0.15) is 40.5 Å². The molecule has 0 heterocycles. The van der Waals surface area contributed by atoms with Crippen molar-refractivity contribution in [3.63, 3.8) is 0 Å². The minimum absolute atomic E-state index is 0.360. The highest BCUT2D eigenvalue weighted by atomic mass is 14.1. The lowest BCUT2D eigenvalue weighted by Crippen LogP contribution is -2.05. The van der Waals surface area contributed by atoms with Crippen molar-refractivity contribution < 1.29 is 0 Å². The molecule has 0 aliphatic carbocycles. The molecule has 10 heavy (non-hydrogen) atoms. The quantitative estimate of drug-likeness (QED) is 0.561. The van der Waals surface area contributed by atoms with Crippen LogP contribution in [0.4, 0.5) is 0 Å². The second-order valence-corrected chi connectivity index (χ2v) is 3.81. The first-order valence-corrected chi connectivity index (χ1v) is 4.29. The maximum Gasteiger partial charge on any atom is -0.0318 e. The molecule has 0 aliphatic rings. The van der Waals surface area contributed by atoms with Crippen LogP contribution in [0.25, 0.3) is 0 Å². The number of rotatable bonds is 4. The molecule has 0 N–H and O–H groups in total. The molecule has 60 valence electrons. The molecule has 0 aromatic rings. The standard InChI is InChI=1S/C10H20/c1-8(2)6-7-10(5)9(3)4/h3,8-10H,6-7H2,1-2,4-5H3. The summed E-state index contributed by atoms with van der Waals surface area (Å²) in [5.74, 6) is 1.86. The van der Waals surface area contributed by atoms with Crippen LogP contribution in [0.2, 0.25) is 0 Å². The fraction of sp³-hybridized carbons (Fsp3) is 0.900. The van der Waals surface area contributed by atoms with Crippen molar-refractivity contribution in [3.8, 4) is 0 Å². The lowest BCUT2D eigenvalue weighted by molar-refractivity contribution is 0.382. The molecular formula is C10H20. The van der Waals surface area contributed by atoms with E-state index in [1.807, 2.05) is 0 Å². The molecule has 2 radical (unpaired) electrons. The molecule has 0 rings (SSSR count). The third-order valence-electron chi connectivity index (χ3n) is 2.10. The van der Waals surface area contributed by atoms with Gasteiger partial charge in [-0.05, 0) is 24.7 Å². The van der Waals surface area contributed by atoms with E-state index in [1.165, 1.54) is 12.8 Å². The monoisotopic (exact) mass is 140 g/mol. The number of hydrogen-bond acceptors (Lipinski definition) is 0. The minimum atomic E-state index is 0.360. The van der Waals surface area contributed by atoms with Gasteiger partial charge in [-0.25, -0.2) is 0 Å². The van der Waals surface area contributed by atoms with Gasteiger partial charge in [-0.2, -0.15) is 0 Å². The highest BCUT2D eigenvalue weighted by molar-refractivity contribution is 4.63.